The molecule has 0 aliphatic carbocycles. The maximum absolute atomic E-state index is 6.29. The van der Waals surface area contributed by atoms with Crippen LogP contribution in [0.3, 0.4) is 0 Å². The minimum absolute atomic E-state index is 0.542. The molecule has 8 heteroatoms. The maximum atomic E-state index is 6.29. The van der Waals surface area contributed by atoms with E-state index in [0.717, 1.165) is 26.2 Å². The Balaban J connectivity index is 1.89. The molecular weight excluding hydrogens is 332 g/mol. The molecule has 0 N–H and O–H groups in total. The molecule has 104 valence electrons. The summed E-state index contributed by atoms with van der Waals surface area (Å²) in [4.78, 5) is 15.5. The van der Waals surface area contributed by atoms with E-state index in [1.54, 1.807) is 23.1 Å². The van der Waals surface area contributed by atoms with Gasteiger partial charge in [-0.1, -0.05) is 23.4 Å². The molecule has 20 heavy (non-hydrogen) atoms. The lowest BCUT2D eigenvalue weighted by Crippen LogP contribution is -1.93. The zero-order chi connectivity index (χ0) is 14.3. The Bertz CT molecular complexity index is 780. The number of fused-ring (bicyclic) bond motifs is 1. The third-order valence-electron chi connectivity index (χ3n) is 2.86. The van der Waals surface area contributed by atoms with Crippen LogP contribution >= 0.6 is 46.2 Å². The fourth-order valence-electron chi connectivity index (χ4n) is 1.77. The lowest BCUT2D eigenvalue weighted by atomic mass is 10.2. The second kappa shape index (κ2) is 5.55. The van der Waals surface area contributed by atoms with E-state index in [9.17, 15) is 0 Å². The van der Waals surface area contributed by atoms with Gasteiger partial charge in [0.15, 0.2) is 4.34 Å². The van der Waals surface area contributed by atoms with Crippen LogP contribution in [-0.2, 0) is 5.75 Å². The van der Waals surface area contributed by atoms with Crippen molar-refractivity contribution in [2.75, 3.05) is 0 Å². The highest BCUT2D eigenvalue weighted by Crippen LogP contribution is 2.33. The number of aryl methyl sites for hydroxylation is 3. The Morgan fingerprint density at radius 3 is 2.65 bits per heavy atom. The fourth-order valence-corrected chi connectivity index (χ4v) is 4.70. The highest BCUT2D eigenvalue weighted by Gasteiger charge is 2.13. The minimum Gasteiger partial charge on any atom is -0.221 e. The second-order valence-corrected chi connectivity index (χ2v) is 7.83. The molecule has 0 aromatic carbocycles. The highest BCUT2D eigenvalue weighted by molar-refractivity contribution is 8.00. The number of rotatable bonds is 3. The zero-order valence-electron chi connectivity index (χ0n) is 11.1. The number of aromatic nitrogens is 4. The van der Waals surface area contributed by atoms with Gasteiger partial charge in [0.05, 0.1) is 11.1 Å². The number of thioether (sulfide) groups is 1. The Hall–Kier alpha value is -0.760. The maximum Gasteiger partial charge on any atom is 0.170 e. The normalized spacial score (nSPS) is 11.4. The number of nitrogens with zero attached hydrogens (tertiary/aromatic N) is 4. The first-order valence-corrected chi connectivity index (χ1v) is 8.85. The monoisotopic (exact) mass is 342 g/mol. The van der Waals surface area contributed by atoms with Gasteiger partial charge in [-0.05, 0) is 37.9 Å². The van der Waals surface area contributed by atoms with Crippen molar-refractivity contribution in [3.8, 4) is 0 Å². The van der Waals surface area contributed by atoms with Gasteiger partial charge in [0, 0.05) is 4.88 Å². The van der Waals surface area contributed by atoms with Crippen molar-refractivity contribution in [3.63, 3.8) is 0 Å². The van der Waals surface area contributed by atoms with Gasteiger partial charge in [0.1, 0.15) is 21.6 Å². The zero-order valence-corrected chi connectivity index (χ0v) is 14.3. The van der Waals surface area contributed by atoms with Crippen molar-refractivity contribution in [2.45, 2.75) is 30.9 Å². The molecule has 0 aliphatic heterocycles. The molecule has 0 unspecified atom stereocenters. The molecule has 0 bridgehead atoms. The van der Waals surface area contributed by atoms with E-state index in [4.69, 9.17) is 11.6 Å². The summed E-state index contributed by atoms with van der Waals surface area (Å²) in [5, 5.41) is 1.52. The first-order valence-electron chi connectivity index (χ1n) is 5.90. The average molecular weight is 343 g/mol. The lowest BCUT2D eigenvalue weighted by molar-refractivity contribution is 1.06. The lowest BCUT2D eigenvalue weighted by Gasteiger charge is -2.00. The van der Waals surface area contributed by atoms with Crippen molar-refractivity contribution in [3.05, 3.63) is 27.2 Å². The summed E-state index contributed by atoms with van der Waals surface area (Å²) in [6.07, 6.45) is 0. The Morgan fingerprint density at radius 1 is 1.15 bits per heavy atom. The summed E-state index contributed by atoms with van der Waals surface area (Å²) < 4.78 is 5.09. The van der Waals surface area contributed by atoms with E-state index in [-0.39, 0.29) is 0 Å². The molecule has 0 aliphatic rings. The number of thiophene rings is 1. The summed E-state index contributed by atoms with van der Waals surface area (Å²) >= 11 is 10.9. The number of hydrogen-bond acceptors (Lipinski definition) is 7. The smallest absolute Gasteiger partial charge is 0.170 e. The van der Waals surface area contributed by atoms with Gasteiger partial charge in [0.25, 0.3) is 0 Å². The molecule has 0 radical (unpaired) electrons. The van der Waals surface area contributed by atoms with Crippen LogP contribution < -0.4 is 0 Å². The summed E-state index contributed by atoms with van der Waals surface area (Å²) in [6.45, 7) is 6.02. The van der Waals surface area contributed by atoms with Gasteiger partial charge in [-0.25, -0.2) is 15.0 Å². The molecule has 0 spiro atoms. The molecule has 0 amide bonds. The Labute approximate surface area is 133 Å². The molecule has 0 saturated carbocycles. The summed E-state index contributed by atoms with van der Waals surface area (Å²) in [7, 11) is 0. The van der Waals surface area contributed by atoms with Crippen molar-refractivity contribution in [1.82, 2.24) is 19.3 Å². The third kappa shape index (κ3) is 2.67. The van der Waals surface area contributed by atoms with Crippen LogP contribution in [0.1, 0.15) is 22.1 Å². The van der Waals surface area contributed by atoms with Crippen LogP contribution in [0, 0.1) is 20.8 Å². The summed E-state index contributed by atoms with van der Waals surface area (Å²) in [6, 6.07) is 0. The molecule has 0 atom stereocenters. The second-order valence-electron chi connectivity index (χ2n) is 4.29. The predicted molar refractivity (Wildman–Crippen MR) is 86.1 cm³/mol. The number of halogens is 1. The predicted octanol–water partition coefficient (Wildman–Crippen LogP) is 4.41. The van der Waals surface area contributed by atoms with Crippen molar-refractivity contribution in [2.24, 2.45) is 0 Å². The van der Waals surface area contributed by atoms with Gasteiger partial charge >= 0.3 is 0 Å². The standard InChI is InChI=1S/C12H11ClN4S3/c1-5-6(2)19-11-9(5)10(13)15-8(16-11)4-18-12-14-7(3)17-20-12/h4H2,1-3H3. The molecule has 0 saturated heterocycles. The summed E-state index contributed by atoms with van der Waals surface area (Å²) in [5.41, 5.74) is 1.17. The van der Waals surface area contributed by atoms with E-state index in [1.165, 1.54) is 22.0 Å². The Morgan fingerprint density at radius 2 is 1.95 bits per heavy atom. The van der Waals surface area contributed by atoms with E-state index < -0.39 is 0 Å². The molecule has 0 fully saturated rings. The first-order chi connectivity index (χ1) is 9.54. The van der Waals surface area contributed by atoms with E-state index in [1.807, 2.05) is 6.92 Å². The quantitative estimate of drug-likeness (QED) is 0.521. The van der Waals surface area contributed by atoms with Gasteiger partial charge in [-0.3, -0.25) is 0 Å². The van der Waals surface area contributed by atoms with Crippen molar-refractivity contribution < 1.29 is 0 Å². The fraction of sp³-hybridized carbons (Fsp3) is 0.333. The van der Waals surface area contributed by atoms with Gasteiger partial charge in [-0.2, -0.15) is 4.37 Å². The van der Waals surface area contributed by atoms with Crippen molar-refractivity contribution in [1.29, 1.82) is 0 Å². The van der Waals surface area contributed by atoms with Crippen LogP contribution in [0.4, 0.5) is 0 Å². The SMILES string of the molecule is Cc1nsc(SCc2nc(Cl)c3c(C)c(C)sc3n2)n1. The molecular formula is C12H11ClN4S3. The van der Waals surface area contributed by atoms with Crippen molar-refractivity contribution >= 4 is 56.4 Å². The molecule has 3 aromatic rings. The number of hydrogen-bond donors (Lipinski definition) is 0. The molecule has 4 nitrogen and oxygen atoms in total. The molecule has 3 aromatic heterocycles. The highest BCUT2D eigenvalue weighted by atomic mass is 35.5. The van der Waals surface area contributed by atoms with Crippen LogP contribution in [0.2, 0.25) is 5.15 Å². The van der Waals surface area contributed by atoms with E-state index in [0.29, 0.717) is 10.9 Å². The van der Waals surface area contributed by atoms with Crippen LogP contribution in [-0.4, -0.2) is 19.3 Å². The van der Waals surface area contributed by atoms with Crippen LogP contribution in [0.5, 0.6) is 0 Å². The molecule has 3 heterocycles. The van der Waals surface area contributed by atoms with Gasteiger partial charge in [0.2, 0.25) is 0 Å². The third-order valence-corrected chi connectivity index (χ3v) is 6.16. The van der Waals surface area contributed by atoms with Gasteiger partial charge in [-0.15, -0.1) is 11.3 Å². The van der Waals surface area contributed by atoms with E-state index >= 15 is 0 Å². The Kier molecular flexibility index (Phi) is 3.94. The topological polar surface area (TPSA) is 51.6 Å². The first kappa shape index (κ1) is 14.2. The average Bonchev–Trinajstić information content (AvgIpc) is 2.92. The molecule has 3 rings (SSSR count). The van der Waals surface area contributed by atoms with Gasteiger partial charge < -0.3 is 0 Å². The largest absolute Gasteiger partial charge is 0.221 e. The van der Waals surface area contributed by atoms with Crippen LogP contribution in [0.15, 0.2) is 4.34 Å². The van der Waals surface area contributed by atoms with Crippen LogP contribution in [0.25, 0.3) is 10.2 Å². The minimum atomic E-state index is 0.542. The summed E-state index contributed by atoms with van der Waals surface area (Å²) in [5.74, 6) is 2.19. The van der Waals surface area contributed by atoms with E-state index in [2.05, 4.69) is 33.2 Å².